The normalized spacial score (nSPS) is 11.3. The Morgan fingerprint density at radius 3 is 1.33 bits per heavy atom. The van der Waals surface area contributed by atoms with Crippen molar-refractivity contribution in [1.82, 2.24) is 0 Å². The fourth-order valence-electron chi connectivity index (χ4n) is 3.30. The maximum atomic E-state index is 9.38. The van der Waals surface area contributed by atoms with Gasteiger partial charge < -0.3 is 24.2 Å². The van der Waals surface area contributed by atoms with E-state index in [0.717, 1.165) is 24.0 Å². The minimum atomic E-state index is -1.62. The highest BCUT2D eigenvalue weighted by atomic mass is 31.2. The highest BCUT2D eigenvalue weighted by molar-refractivity contribution is 7.40. The number of aromatic hydroxyl groups is 2. The van der Waals surface area contributed by atoms with E-state index in [4.69, 9.17) is 9.05 Å². The van der Waals surface area contributed by atoms with E-state index in [1.165, 1.54) is 38.5 Å². The molecule has 0 aliphatic heterocycles. The van der Waals surface area contributed by atoms with Gasteiger partial charge in [0.25, 0.3) is 0 Å². The highest BCUT2D eigenvalue weighted by Gasteiger charge is 2.22. The average molecular weight is 479 g/mol. The molecule has 33 heavy (non-hydrogen) atoms. The number of hydrogen-bond acceptors (Lipinski definition) is 5. The molecule has 0 aliphatic rings. The van der Waals surface area contributed by atoms with Crippen molar-refractivity contribution in [2.45, 2.75) is 84.5 Å². The molecular weight excluding hydrogens is 435 g/mol. The van der Waals surface area contributed by atoms with Crippen molar-refractivity contribution in [3.05, 3.63) is 59.7 Å². The summed E-state index contributed by atoms with van der Waals surface area (Å²) in [7, 11) is -1.62. The summed E-state index contributed by atoms with van der Waals surface area (Å²) >= 11 is 0. The van der Waals surface area contributed by atoms with E-state index in [1.807, 2.05) is 24.3 Å². The lowest BCUT2D eigenvalue weighted by atomic mass is 9.78. The lowest BCUT2D eigenvalue weighted by molar-refractivity contribution is 0.194. The van der Waals surface area contributed by atoms with Crippen molar-refractivity contribution in [3.63, 3.8) is 0 Å². The van der Waals surface area contributed by atoms with Crippen LogP contribution in [0.25, 0.3) is 0 Å². The molecule has 0 aliphatic carbocycles. The minimum Gasteiger partial charge on any atom is -0.508 e. The van der Waals surface area contributed by atoms with E-state index in [9.17, 15) is 15.1 Å². The largest absolute Gasteiger partial charge is 0.508 e. The lowest BCUT2D eigenvalue weighted by Gasteiger charge is -2.26. The van der Waals surface area contributed by atoms with Gasteiger partial charge in [0.1, 0.15) is 11.5 Å². The Labute approximate surface area is 201 Å². The third-order valence-corrected chi connectivity index (χ3v) is 6.38. The predicted octanol–water partition coefficient (Wildman–Crippen LogP) is 7.82. The van der Waals surface area contributed by atoms with Crippen molar-refractivity contribution >= 4 is 8.60 Å². The molecular formula is C27H43O5P. The van der Waals surface area contributed by atoms with Crippen molar-refractivity contribution in [1.29, 1.82) is 0 Å². The topological polar surface area (TPSA) is 79.2 Å². The van der Waals surface area contributed by atoms with E-state index in [1.54, 1.807) is 24.3 Å². The Bertz CT molecular complexity index is 670. The fraction of sp³-hybridized carbons (Fsp3) is 0.556. The van der Waals surface area contributed by atoms with Crippen molar-refractivity contribution in [3.8, 4) is 11.5 Å². The van der Waals surface area contributed by atoms with Gasteiger partial charge >= 0.3 is 8.60 Å². The SMILES string of the molecule is CC(C)(c1ccc(O)cc1)c1ccc(O)cc1.CCCCCCOP(O)OCCCCCC. The number of benzene rings is 2. The first-order valence-corrected chi connectivity index (χ1v) is 13.3. The van der Waals surface area contributed by atoms with Gasteiger partial charge in [-0.1, -0.05) is 90.5 Å². The second kappa shape index (κ2) is 16.9. The van der Waals surface area contributed by atoms with Crippen LogP contribution < -0.4 is 0 Å². The highest BCUT2D eigenvalue weighted by Crippen LogP contribution is 2.34. The second-order valence-electron chi connectivity index (χ2n) is 8.74. The maximum Gasteiger partial charge on any atom is 0.329 e. The number of phenols is 2. The van der Waals surface area contributed by atoms with E-state index >= 15 is 0 Å². The van der Waals surface area contributed by atoms with Crippen molar-refractivity contribution in [2.24, 2.45) is 0 Å². The lowest BCUT2D eigenvalue weighted by Crippen LogP contribution is -2.18. The van der Waals surface area contributed by atoms with Crippen LogP contribution in [0.5, 0.6) is 11.5 Å². The quantitative estimate of drug-likeness (QED) is 0.190. The van der Waals surface area contributed by atoms with E-state index < -0.39 is 8.60 Å². The first-order chi connectivity index (χ1) is 15.8. The average Bonchev–Trinajstić information content (AvgIpc) is 2.80. The Morgan fingerprint density at radius 1 is 0.636 bits per heavy atom. The summed E-state index contributed by atoms with van der Waals surface area (Å²) in [5.74, 6) is 0.547. The van der Waals surface area contributed by atoms with Crippen LogP contribution in [0.3, 0.4) is 0 Å². The molecule has 0 saturated heterocycles. The summed E-state index contributed by atoms with van der Waals surface area (Å²) < 4.78 is 10.4. The summed E-state index contributed by atoms with van der Waals surface area (Å²) in [4.78, 5) is 9.38. The zero-order valence-corrected chi connectivity index (χ0v) is 21.7. The summed E-state index contributed by atoms with van der Waals surface area (Å²) in [6.07, 6.45) is 9.32. The Morgan fingerprint density at radius 2 is 1.00 bits per heavy atom. The van der Waals surface area contributed by atoms with Gasteiger partial charge in [-0.15, -0.1) is 0 Å². The Balaban J connectivity index is 0.000000331. The first-order valence-electron chi connectivity index (χ1n) is 12.1. The van der Waals surface area contributed by atoms with Gasteiger partial charge in [-0.2, -0.15) is 0 Å². The van der Waals surface area contributed by atoms with Gasteiger partial charge in [-0.3, -0.25) is 0 Å². The van der Waals surface area contributed by atoms with Crippen LogP contribution in [-0.4, -0.2) is 28.3 Å². The second-order valence-corrected chi connectivity index (χ2v) is 9.74. The molecule has 0 heterocycles. The molecule has 186 valence electrons. The van der Waals surface area contributed by atoms with E-state index in [-0.39, 0.29) is 16.9 Å². The summed E-state index contributed by atoms with van der Waals surface area (Å²) in [6, 6.07) is 14.4. The summed E-state index contributed by atoms with van der Waals surface area (Å²) in [5, 5.41) is 18.6. The Kier molecular flexibility index (Phi) is 15.0. The van der Waals surface area contributed by atoms with Crippen LogP contribution >= 0.6 is 8.60 Å². The number of phenolic OH excluding ortho intramolecular Hbond substituents is 2. The molecule has 2 aromatic rings. The molecule has 0 radical (unpaired) electrons. The molecule has 3 N–H and O–H groups in total. The number of rotatable bonds is 14. The summed E-state index contributed by atoms with van der Waals surface area (Å²) in [5.41, 5.74) is 2.10. The standard InChI is InChI=1S/C15H16O2.C12H27O3P/c1-15(2,11-3-7-13(16)8-4-11)12-5-9-14(17)10-6-12;1-3-5-7-9-11-14-16(13)15-12-10-8-6-4-2/h3-10,16-17H,1-2H3;13H,3-12H2,1-2H3. The molecule has 0 aromatic heterocycles. The number of unbranched alkanes of at least 4 members (excludes halogenated alkanes) is 6. The van der Waals surface area contributed by atoms with E-state index in [0.29, 0.717) is 13.2 Å². The molecule has 2 rings (SSSR count). The van der Waals surface area contributed by atoms with Crippen molar-refractivity contribution < 1.29 is 24.2 Å². The molecule has 0 spiro atoms. The molecule has 0 atom stereocenters. The van der Waals surface area contributed by atoms with Crippen LogP contribution in [-0.2, 0) is 14.5 Å². The molecule has 0 saturated carbocycles. The molecule has 0 fully saturated rings. The summed E-state index contributed by atoms with van der Waals surface area (Å²) in [6.45, 7) is 9.84. The molecule has 0 unspecified atom stereocenters. The fourth-order valence-corrected chi connectivity index (χ4v) is 3.95. The Hall–Kier alpha value is -1.65. The molecule has 5 nitrogen and oxygen atoms in total. The van der Waals surface area contributed by atoms with Crippen LogP contribution in [0.2, 0.25) is 0 Å². The van der Waals surface area contributed by atoms with Gasteiger partial charge in [0.2, 0.25) is 0 Å². The third kappa shape index (κ3) is 12.4. The van der Waals surface area contributed by atoms with Crippen molar-refractivity contribution in [2.75, 3.05) is 13.2 Å². The monoisotopic (exact) mass is 478 g/mol. The molecule has 2 aromatic carbocycles. The van der Waals surface area contributed by atoms with Crippen LogP contribution in [0, 0.1) is 0 Å². The van der Waals surface area contributed by atoms with Gasteiger partial charge in [0.05, 0.1) is 13.2 Å². The molecule has 0 bridgehead atoms. The first kappa shape index (κ1) is 29.4. The van der Waals surface area contributed by atoms with Crippen LogP contribution in [0.15, 0.2) is 48.5 Å². The third-order valence-electron chi connectivity index (χ3n) is 5.58. The number of hydrogen-bond donors (Lipinski definition) is 3. The van der Waals surface area contributed by atoms with Gasteiger partial charge in [-0.25, -0.2) is 0 Å². The maximum absolute atomic E-state index is 9.38. The van der Waals surface area contributed by atoms with Crippen LogP contribution in [0.1, 0.15) is 90.2 Å². The van der Waals surface area contributed by atoms with Crippen LogP contribution in [0.4, 0.5) is 0 Å². The van der Waals surface area contributed by atoms with Gasteiger partial charge in [0, 0.05) is 5.41 Å². The predicted molar refractivity (Wildman–Crippen MR) is 138 cm³/mol. The zero-order chi connectivity index (χ0) is 24.5. The van der Waals surface area contributed by atoms with E-state index in [2.05, 4.69) is 27.7 Å². The minimum absolute atomic E-state index is 0.151. The van der Waals surface area contributed by atoms with Gasteiger partial charge in [-0.05, 0) is 48.2 Å². The molecule has 6 heteroatoms. The zero-order valence-electron chi connectivity index (χ0n) is 20.8. The smallest absolute Gasteiger partial charge is 0.329 e. The molecule has 0 amide bonds. The van der Waals surface area contributed by atoms with Gasteiger partial charge in [0.15, 0.2) is 0 Å².